The van der Waals surface area contributed by atoms with Gasteiger partial charge in [0.25, 0.3) is 5.69 Å². The Hall–Kier alpha value is -2.64. The van der Waals surface area contributed by atoms with Crippen LogP contribution in [0.1, 0.15) is 12.5 Å². The van der Waals surface area contributed by atoms with Gasteiger partial charge in [-0.15, -0.1) is 0 Å². The number of nitro groups is 1. The zero-order valence-electron chi connectivity index (χ0n) is 10.5. The number of nitrogens with two attached hydrogens (primary N) is 1. The number of amides is 3. The fourth-order valence-corrected chi connectivity index (χ4v) is 1.41. The average Bonchev–Trinajstić information content (AvgIpc) is 2.30. The molecule has 0 aliphatic rings. The summed E-state index contributed by atoms with van der Waals surface area (Å²) >= 11 is 0. The van der Waals surface area contributed by atoms with Crippen LogP contribution >= 0.6 is 0 Å². The number of benzene rings is 1. The Morgan fingerprint density at radius 3 is 2.58 bits per heavy atom. The maximum absolute atomic E-state index is 11.7. The van der Waals surface area contributed by atoms with Crippen molar-refractivity contribution in [3.8, 4) is 0 Å². The summed E-state index contributed by atoms with van der Waals surface area (Å²) in [4.78, 5) is 32.5. The van der Waals surface area contributed by atoms with Crippen molar-refractivity contribution in [2.24, 2.45) is 5.73 Å². The molecule has 19 heavy (non-hydrogen) atoms. The highest BCUT2D eigenvalue weighted by Gasteiger charge is 2.16. The third-order valence-electron chi connectivity index (χ3n) is 2.43. The van der Waals surface area contributed by atoms with Gasteiger partial charge in [-0.25, -0.2) is 4.79 Å². The fourth-order valence-electron chi connectivity index (χ4n) is 1.41. The highest BCUT2D eigenvalue weighted by molar-refractivity contribution is 5.96. The molecular weight excluding hydrogens is 252 g/mol. The summed E-state index contributed by atoms with van der Waals surface area (Å²) in [5, 5.41) is 15.4. The van der Waals surface area contributed by atoms with Gasteiger partial charge >= 0.3 is 6.03 Å². The van der Waals surface area contributed by atoms with Crippen LogP contribution < -0.4 is 16.4 Å². The Balaban J connectivity index is 2.83. The predicted octanol–water partition coefficient (Wildman–Crippen LogP) is 0.899. The van der Waals surface area contributed by atoms with Crippen LogP contribution in [0.5, 0.6) is 0 Å². The van der Waals surface area contributed by atoms with Gasteiger partial charge in [0.2, 0.25) is 5.91 Å². The van der Waals surface area contributed by atoms with Crippen molar-refractivity contribution in [1.82, 2.24) is 5.32 Å². The summed E-state index contributed by atoms with van der Waals surface area (Å²) in [6.07, 6.45) is 0. The lowest BCUT2D eigenvalue weighted by Gasteiger charge is -2.12. The zero-order chi connectivity index (χ0) is 14.6. The van der Waals surface area contributed by atoms with Crippen molar-refractivity contribution in [1.29, 1.82) is 0 Å². The summed E-state index contributed by atoms with van der Waals surface area (Å²) in [5.41, 5.74) is 5.57. The molecule has 0 aliphatic carbocycles. The molecule has 1 atom stereocenters. The normalized spacial score (nSPS) is 11.5. The van der Waals surface area contributed by atoms with Gasteiger partial charge in [-0.3, -0.25) is 14.9 Å². The topological polar surface area (TPSA) is 127 Å². The van der Waals surface area contributed by atoms with Crippen molar-refractivity contribution in [2.45, 2.75) is 19.9 Å². The fraction of sp³-hybridized carbons (Fsp3) is 0.273. The quantitative estimate of drug-likeness (QED) is 0.552. The molecule has 1 aromatic carbocycles. The minimum Gasteiger partial charge on any atom is -0.352 e. The van der Waals surface area contributed by atoms with Crippen molar-refractivity contribution in [3.05, 3.63) is 33.9 Å². The minimum absolute atomic E-state index is 0.0895. The van der Waals surface area contributed by atoms with Crippen LogP contribution in [0.3, 0.4) is 0 Å². The second kappa shape index (κ2) is 5.80. The summed E-state index contributed by atoms with van der Waals surface area (Å²) in [5.74, 6) is -0.517. The molecule has 0 bridgehead atoms. The van der Waals surface area contributed by atoms with Crippen molar-refractivity contribution < 1.29 is 14.5 Å². The van der Waals surface area contributed by atoms with Gasteiger partial charge < -0.3 is 16.4 Å². The van der Waals surface area contributed by atoms with E-state index in [-0.39, 0.29) is 11.4 Å². The molecule has 4 N–H and O–H groups in total. The molecule has 0 aromatic heterocycles. The third-order valence-corrected chi connectivity index (χ3v) is 2.43. The van der Waals surface area contributed by atoms with Crippen LogP contribution in [-0.4, -0.2) is 22.9 Å². The van der Waals surface area contributed by atoms with Gasteiger partial charge in [0.1, 0.15) is 6.04 Å². The van der Waals surface area contributed by atoms with E-state index < -0.39 is 22.9 Å². The molecule has 8 heteroatoms. The van der Waals surface area contributed by atoms with E-state index >= 15 is 0 Å². The molecule has 0 aliphatic heterocycles. The number of hydrogen-bond acceptors (Lipinski definition) is 4. The van der Waals surface area contributed by atoms with E-state index in [4.69, 9.17) is 5.73 Å². The molecule has 0 radical (unpaired) electrons. The van der Waals surface area contributed by atoms with Crippen molar-refractivity contribution >= 4 is 23.3 Å². The molecule has 0 saturated heterocycles. The van der Waals surface area contributed by atoms with E-state index in [0.29, 0.717) is 5.56 Å². The third kappa shape index (κ3) is 3.95. The molecule has 1 rings (SSSR count). The molecule has 1 unspecified atom stereocenters. The Labute approximate surface area is 109 Å². The Bertz CT molecular complexity index is 529. The number of carbonyl (C=O) groups is 2. The number of hydrogen-bond donors (Lipinski definition) is 3. The summed E-state index contributed by atoms with van der Waals surface area (Å²) in [6, 6.07) is 2.66. The van der Waals surface area contributed by atoms with Gasteiger partial charge in [0, 0.05) is 17.3 Å². The number of primary amides is 1. The molecule has 0 saturated carbocycles. The lowest BCUT2D eigenvalue weighted by atomic mass is 10.2. The maximum atomic E-state index is 11.7. The SMILES string of the molecule is Cc1ccc(NC(=O)C(C)NC(N)=O)cc1[N+](=O)[O-]. The smallest absolute Gasteiger partial charge is 0.312 e. The Morgan fingerprint density at radius 1 is 1.42 bits per heavy atom. The van der Waals surface area contributed by atoms with E-state index in [1.54, 1.807) is 6.92 Å². The lowest BCUT2D eigenvalue weighted by molar-refractivity contribution is -0.385. The maximum Gasteiger partial charge on any atom is 0.312 e. The van der Waals surface area contributed by atoms with Crippen molar-refractivity contribution in [3.63, 3.8) is 0 Å². The van der Waals surface area contributed by atoms with Crippen LogP contribution in [0, 0.1) is 17.0 Å². The summed E-state index contributed by atoms with van der Waals surface area (Å²) in [7, 11) is 0. The molecule has 0 spiro atoms. The summed E-state index contributed by atoms with van der Waals surface area (Å²) in [6.45, 7) is 3.05. The number of carbonyl (C=O) groups excluding carboxylic acids is 2. The first-order chi connectivity index (χ1) is 8.81. The highest BCUT2D eigenvalue weighted by atomic mass is 16.6. The van der Waals surface area contributed by atoms with Gasteiger partial charge in [0.05, 0.1) is 4.92 Å². The van der Waals surface area contributed by atoms with Crippen LogP contribution in [-0.2, 0) is 4.79 Å². The number of nitro benzene ring substituents is 1. The minimum atomic E-state index is -0.835. The second-order valence-corrected chi connectivity index (χ2v) is 3.98. The summed E-state index contributed by atoms with van der Waals surface area (Å²) < 4.78 is 0. The van der Waals surface area contributed by atoms with Gasteiger partial charge in [0.15, 0.2) is 0 Å². The Morgan fingerprint density at radius 2 is 2.05 bits per heavy atom. The van der Waals surface area contributed by atoms with E-state index in [9.17, 15) is 19.7 Å². The van der Waals surface area contributed by atoms with E-state index in [1.165, 1.54) is 25.1 Å². The van der Waals surface area contributed by atoms with Gasteiger partial charge in [-0.2, -0.15) is 0 Å². The predicted molar refractivity (Wildman–Crippen MR) is 68.6 cm³/mol. The number of urea groups is 1. The van der Waals surface area contributed by atoms with E-state index in [1.807, 2.05) is 0 Å². The second-order valence-electron chi connectivity index (χ2n) is 3.98. The highest BCUT2D eigenvalue weighted by Crippen LogP contribution is 2.22. The van der Waals surface area contributed by atoms with Gasteiger partial charge in [-0.05, 0) is 19.9 Å². The van der Waals surface area contributed by atoms with Crippen LogP contribution in [0.4, 0.5) is 16.2 Å². The van der Waals surface area contributed by atoms with E-state index in [0.717, 1.165) is 0 Å². The molecule has 0 heterocycles. The number of aryl methyl sites for hydroxylation is 1. The molecule has 0 fully saturated rings. The largest absolute Gasteiger partial charge is 0.352 e. The first-order valence-corrected chi connectivity index (χ1v) is 5.43. The van der Waals surface area contributed by atoms with Crippen molar-refractivity contribution in [2.75, 3.05) is 5.32 Å². The number of anilines is 1. The molecular formula is C11H14N4O4. The molecule has 3 amide bonds. The first-order valence-electron chi connectivity index (χ1n) is 5.43. The molecule has 1 aromatic rings. The van der Waals surface area contributed by atoms with Crippen LogP contribution in [0.25, 0.3) is 0 Å². The van der Waals surface area contributed by atoms with Gasteiger partial charge in [-0.1, -0.05) is 6.07 Å². The lowest BCUT2D eigenvalue weighted by Crippen LogP contribution is -2.44. The Kier molecular flexibility index (Phi) is 4.41. The number of nitrogens with zero attached hydrogens (tertiary/aromatic N) is 1. The number of rotatable bonds is 4. The van der Waals surface area contributed by atoms with Crippen LogP contribution in [0.15, 0.2) is 18.2 Å². The number of nitrogens with one attached hydrogen (secondary N) is 2. The molecule has 8 nitrogen and oxygen atoms in total. The molecule has 102 valence electrons. The monoisotopic (exact) mass is 266 g/mol. The zero-order valence-corrected chi connectivity index (χ0v) is 10.5. The van der Waals surface area contributed by atoms with Crippen LogP contribution in [0.2, 0.25) is 0 Å². The first kappa shape index (κ1) is 14.4. The van der Waals surface area contributed by atoms with E-state index in [2.05, 4.69) is 10.6 Å². The average molecular weight is 266 g/mol. The standard InChI is InChI=1S/C11H14N4O4/c1-6-3-4-8(5-9(6)15(18)19)14-10(16)7(2)13-11(12)17/h3-5,7H,1-2H3,(H,14,16)(H3,12,13,17).